The second-order valence-corrected chi connectivity index (χ2v) is 4.90. The van der Waals surface area contributed by atoms with E-state index in [2.05, 4.69) is 6.92 Å². The van der Waals surface area contributed by atoms with Crippen molar-refractivity contribution in [3.05, 3.63) is 0 Å². The number of unbranched alkanes of at least 4 members (excludes halogenated alkanes) is 1. The Morgan fingerprint density at radius 2 is 2.00 bits per heavy atom. The summed E-state index contributed by atoms with van der Waals surface area (Å²) in [7, 11) is 0. The number of carboxylic acids is 1. The molecule has 0 radical (unpaired) electrons. The van der Waals surface area contributed by atoms with E-state index in [1.54, 1.807) is 0 Å². The van der Waals surface area contributed by atoms with Crippen LogP contribution in [0.3, 0.4) is 0 Å². The Hall–Kier alpha value is -0.530. The quantitative estimate of drug-likeness (QED) is 0.726. The van der Waals surface area contributed by atoms with Crippen molar-refractivity contribution < 1.29 is 9.90 Å². The second kappa shape index (κ2) is 6.86. The van der Waals surface area contributed by atoms with E-state index in [-0.39, 0.29) is 0 Å². The lowest BCUT2D eigenvalue weighted by Gasteiger charge is -2.29. The molecule has 2 nitrogen and oxygen atoms in total. The highest BCUT2D eigenvalue weighted by atomic mass is 16.4. The van der Waals surface area contributed by atoms with Gasteiger partial charge >= 0.3 is 5.97 Å². The Bertz CT molecular complexity index is 183. The van der Waals surface area contributed by atoms with Gasteiger partial charge in [0.1, 0.15) is 0 Å². The Kier molecular flexibility index (Phi) is 5.74. The fourth-order valence-electron chi connectivity index (χ4n) is 2.80. The molecule has 1 saturated carbocycles. The molecule has 15 heavy (non-hydrogen) atoms. The fraction of sp³-hybridized carbons (Fsp3) is 0.923. The summed E-state index contributed by atoms with van der Waals surface area (Å²) in [6.07, 6.45) is 10.4. The number of aliphatic carboxylic acids is 1. The lowest BCUT2D eigenvalue weighted by molar-refractivity contribution is -0.138. The maximum Gasteiger partial charge on any atom is 0.303 e. The van der Waals surface area contributed by atoms with Crippen LogP contribution in [0, 0.1) is 11.8 Å². The summed E-state index contributed by atoms with van der Waals surface area (Å²) in [6, 6.07) is 0. The standard InChI is InChI=1S/C13H24O2/c1-2-3-7-12(10-13(14)15)11-8-5-4-6-9-11/h11-12H,2-10H2,1H3,(H,14,15)/t12-/m1/s1. The van der Waals surface area contributed by atoms with Gasteiger partial charge in [-0.05, 0) is 18.3 Å². The van der Waals surface area contributed by atoms with Crippen LogP contribution in [0.5, 0.6) is 0 Å². The first-order chi connectivity index (χ1) is 7.24. The molecule has 88 valence electrons. The van der Waals surface area contributed by atoms with E-state index in [9.17, 15) is 4.79 Å². The number of hydrogen-bond acceptors (Lipinski definition) is 1. The predicted octanol–water partition coefficient (Wildman–Crippen LogP) is 3.85. The summed E-state index contributed by atoms with van der Waals surface area (Å²) in [4.78, 5) is 10.8. The minimum atomic E-state index is -0.610. The molecule has 0 aromatic rings. The van der Waals surface area contributed by atoms with E-state index in [4.69, 9.17) is 5.11 Å². The van der Waals surface area contributed by atoms with Crippen LogP contribution in [0.15, 0.2) is 0 Å². The van der Waals surface area contributed by atoms with Crippen LogP contribution in [0.4, 0.5) is 0 Å². The minimum Gasteiger partial charge on any atom is -0.481 e. The molecule has 1 atom stereocenters. The van der Waals surface area contributed by atoms with Gasteiger partial charge in [-0.2, -0.15) is 0 Å². The predicted molar refractivity (Wildman–Crippen MR) is 61.8 cm³/mol. The summed E-state index contributed by atoms with van der Waals surface area (Å²) >= 11 is 0. The Balaban J connectivity index is 2.41. The van der Waals surface area contributed by atoms with Crippen LogP contribution in [0.25, 0.3) is 0 Å². The Labute approximate surface area is 93.1 Å². The third-order valence-electron chi connectivity index (χ3n) is 3.68. The summed E-state index contributed by atoms with van der Waals surface area (Å²) in [6.45, 7) is 2.18. The molecule has 0 aromatic carbocycles. The summed E-state index contributed by atoms with van der Waals surface area (Å²) in [5, 5.41) is 8.91. The maximum atomic E-state index is 10.8. The average molecular weight is 212 g/mol. The zero-order chi connectivity index (χ0) is 11.1. The van der Waals surface area contributed by atoms with Gasteiger partial charge in [0.25, 0.3) is 0 Å². The van der Waals surface area contributed by atoms with Crippen molar-refractivity contribution in [1.29, 1.82) is 0 Å². The van der Waals surface area contributed by atoms with E-state index < -0.39 is 5.97 Å². The van der Waals surface area contributed by atoms with Crippen LogP contribution in [-0.4, -0.2) is 11.1 Å². The van der Waals surface area contributed by atoms with Gasteiger partial charge in [-0.25, -0.2) is 0 Å². The van der Waals surface area contributed by atoms with Gasteiger partial charge in [0, 0.05) is 6.42 Å². The van der Waals surface area contributed by atoms with Crippen LogP contribution in [-0.2, 0) is 4.79 Å². The molecule has 0 spiro atoms. The van der Waals surface area contributed by atoms with Crippen LogP contribution < -0.4 is 0 Å². The van der Waals surface area contributed by atoms with E-state index in [1.165, 1.54) is 44.9 Å². The lowest BCUT2D eigenvalue weighted by atomic mass is 9.76. The molecule has 1 fully saturated rings. The highest BCUT2D eigenvalue weighted by molar-refractivity contribution is 5.67. The highest BCUT2D eigenvalue weighted by Crippen LogP contribution is 2.34. The van der Waals surface area contributed by atoms with Crippen molar-refractivity contribution in [2.24, 2.45) is 11.8 Å². The van der Waals surface area contributed by atoms with E-state index in [1.807, 2.05) is 0 Å². The van der Waals surface area contributed by atoms with Crippen molar-refractivity contribution in [3.63, 3.8) is 0 Å². The Morgan fingerprint density at radius 3 is 2.53 bits per heavy atom. The molecule has 0 heterocycles. The zero-order valence-corrected chi connectivity index (χ0v) is 9.87. The Morgan fingerprint density at radius 1 is 1.33 bits per heavy atom. The normalized spacial score (nSPS) is 20.1. The number of carbonyl (C=O) groups is 1. The molecule has 1 N–H and O–H groups in total. The average Bonchev–Trinajstić information content (AvgIpc) is 2.25. The maximum absolute atomic E-state index is 10.8. The third-order valence-corrected chi connectivity index (χ3v) is 3.68. The van der Waals surface area contributed by atoms with Crippen molar-refractivity contribution in [1.82, 2.24) is 0 Å². The molecule has 0 unspecified atom stereocenters. The van der Waals surface area contributed by atoms with Crippen molar-refractivity contribution in [3.8, 4) is 0 Å². The summed E-state index contributed by atoms with van der Waals surface area (Å²) in [5.74, 6) is 0.533. The molecule has 0 amide bonds. The first-order valence-corrected chi connectivity index (χ1v) is 6.45. The largest absolute Gasteiger partial charge is 0.481 e. The molecule has 0 aliphatic heterocycles. The minimum absolute atomic E-state index is 0.394. The molecular formula is C13H24O2. The van der Waals surface area contributed by atoms with E-state index in [0.29, 0.717) is 18.3 Å². The molecule has 2 heteroatoms. The van der Waals surface area contributed by atoms with Crippen LogP contribution >= 0.6 is 0 Å². The molecular weight excluding hydrogens is 188 g/mol. The van der Waals surface area contributed by atoms with Gasteiger partial charge < -0.3 is 5.11 Å². The van der Waals surface area contributed by atoms with Crippen molar-refractivity contribution >= 4 is 5.97 Å². The lowest BCUT2D eigenvalue weighted by Crippen LogP contribution is -2.21. The fourth-order valence-corrected chi connectivity index (χ4v) is 2.80. The second-order valence-electron chi connectivity index (χ2n) is 4.90. The van der Waals surface area contributed by atoms with Gasteiger partial charge in [-0.1, -0.05) is 51.9 Å². The molecule has 0 aromatic heterocycles. The first-order valence-electron chi connectivity index (χ1n) is 6.45. The molecule has 0 bridgehead atoms. The smallest absolute Gasteiger partial charge is 0.303 e. The van der Waals surface area contributed by atoms with Crippen molar-refractivity contribution in [2.45, 2.75) is 64.7 Å². The van der Waals surface area contributed by atoms with Crippen LogP contribution in [0.2, 0.25) is 0 Å². The van der Waals surface area contributed by atoms with Crippen LogP contribution in [0.1, 0.15) is 64.7 Å². The topological polar surface area (TPSA) is 37.3 Å². The number of rotatable bonds is 6. The molecule has 0 saturated heterocycles. The van der Waals surface area contributed by atoms with E-state index in [0.717, 1.165) is 6.42 Å². The first kappa shape index (κ1) is 12.5. The number of carboxylic acid groups (broad SMARTS) is 1. The zero-order valence-electron chi connectivity index (χ0n) is 9.87. The van der Waals surface area contributed by atoms with Gasteiger partial charge in [-0.15, -0.1) is 0 Å². The van der Waals surface area contributed by atoms with E-state index >= 15 is 0 Å². The molecule has 1 aliphatic carbocycles. The van der Waals surface area contributed by atoms with Gasteiger partial charge in [0.2, 0.25) is 0 Å². The van der Waals surface area contributed by atoms with Crippen molar-refractivity contribution in [2.75, 3.05) is 0 Å². The summed E-state index contributed by atoms with van der Waals surface area (Å²) < 4.78 is 0. The molecule has 1 aliphatic rings. The molecule has 1 rings (SSSR count). The van der Waals surface area contributed by atoms with Gasteiger partial charge in [0.05, 0.1) is 0 Å². The highest BCUT2D eigenvalue weighted by Gasteiger charge is 2.24. The third kappa shape index (κ3) is 4.67. The number of hydrogen-bond donors (Lipinski definition) is 1. The van der Waals surface area contributed by atoms with Gasteiger partial charge in [-0.3, -0.25) is 4.79 Å². The summed E-state index contributed by atoms with van der Waals surface area (Å²) in [5.41, 5.74) is 0. The monoisotopic (exact) mass is 212 g/mol. The SMILES string of the molecule is CCCC[C@H](CC(=O)O)C1CCCCC1. The van der Waals surface area contributed by atoms with Gasteiger partial charge in [0.15, 0.2) is 0 Å².